The Labute approximate surface area is 195 Å². The molecule has 176 valence electrons. The number of aromatic nitrogens is 2. The fourth-order valence-electron chi connectivity index (χ4n) is 3.91. The Bertz CT molecular complexity index is 1130. The maximum atomic E-state index is 14.6. The SMILES string of the molecule is CC(C)(C)[Si](C)(C)OC1([C@@H](N)c2nc(-c3cc(F)ccc3F)cn2Cc2ccccc2)CC1. The summed E-state index contributed by atoms with van der Waals surface area (Å²) in [5.41, 5.74) is 7.95. The summed E-state index contributed by atoms with van der Waals surface area (Å²) in [5, 5.41) is 0.0532. The van der Waals surface area contributed by atoms with Gasteiger partial charge < -0.3 is 14.7 Å². The topological polar surface area (TPSA) is 53.1 Å². The molecule has 1 atom stereocenters. The van der Waals surface area contributed by atoms with Gasteiger partial charge in [0.2, 0.25) is 0 Å². The lowest BCUT2D eigenvalue weighted by molar-refractivity contribution is 0.124. The molecule has 1 aliphatic rings. The van der Waals surface area contributed by atoms with Gasteiger partial charge in [0, 0.05) is 18.3 Å². The van der Waals surface area contributed by atoms with Gasteiger partial charge in [0.1, 0.15) is 17.5 Å². The van der Waals surface area contributed by atoms with Crippen molar-refractivity contribution >= 4 is 8.32 Å². The average molecular weight is 470 g/mol. The maximum Gasteiger partial charge on any atom is 0.192 e. The van der Waals surface area contributed by atoms with Crippen LogP contribution in [0.15, 0.2) is 54.7 Å². The van der Waals surface area contributed by atoms with Crippen LogP contribution in [0.3, 0.4) is 0 Å². The number of nitrogens with zero attached hydrogens (tertiary/aromatic N) is 2. The van der Waals surface area contributed by atoms with Crippen molar-refractivity contribution < 1.29 is 13.2 Å². The third-order valence-electron chi connectivity index (χ3n) is 7.06. The van der Waals surface area contributed by atoms with Gasteiger partial charge in [-0.05, 0) is 54.7 Å². The highest BCUT2D eigenvalue weighted by atomic mass is 28.4. The van der Waals surface area contributed by atoms with Gasteiger partial charge in [0.05, 0.1) is 17.3 Å². The van der Waals surface area contributed by atoms with Crippen LogP contribution in [0.2, 0.25) is 18.1 Å². The van der Waals surface area contributed by atoms with E-state index in [1.807, 2.05) is 34.9 Å². The first-order valence-corrected chi connectivity index (χ1v) is 14.3. The highest BCUT2D eigenvalue weighted by Crippen LogP contribution is 2.53. The van der Waals surface area contributed by atoms with Crippen molar-refractivity contribution in [3.8, 4) is 11.3 Å². The number of nitrogens with two attached hydrogens (primary N) is 1. The van der Waals surface area contributed by atoms with E-state index >= 15 is 0 Å². The van der Waals surface area contributed by atoms with Crippen LogP contribution in [0, 0.1) is 11.6 Å². The van der Waals surface area contributed by atoms with Crippen LogP contribution < -0.4 is 5.73 Å². The molecule has 33 heavy (non-hydrogen) atoms. The van der Waals surface area contributed by atoms with Crippen LogP contribution in [0.25, 0.3) is 11.3 Å². The summed E-state index contributed by atoms with van der Waals surface area (Å²) in [6, 6.07) is 12.9. The minimum atomic E-state index is -2.07. The lowest BCUT2D eigenvalue weighted by Crippen LogP contribution is -2.48. The molecule has 0 saturated heterocycles. The van der Waals surface area contributed by atoms with Crippen molar-refractivity contribution in [2.24, 2.45) is 5.73 Å². The molecule has 4 rings (SSSR count). The number of benzene rings is 2. The second-order valence-electron chi connectivity index (χ2n) is 10.6. The zero-order valence-corrected chi connectivity index (χ0v) is 21.0. The van der Waals surface area contributed by atoms with Gasteiger partial charge in [-0.25, -0.2) is 13.8 Å². The Hall–Kier alpha value is -2.35. The van der Waals surface area contributed by atoms with E-state index < -0.39 is 31.6 Å². The number of hydrogen-bond acceptors (Lipinski definition) is 3. The standard InChI is InChI=1S/C26H33F2N3OSi/c1-25(2,3)33(4,5)32-26(13-14-26)23(29)24-30-22(20-15-19(27)11-12-21(20)28)17-31(24)16-18-9-7-6-8-10-18/h6-12,15,17,23H,13-14,16,29H2,1-5H3/t23-/m0/s1. The maximum absolute atomic E-state index is 14.6. The molecule has 0 radical (unpaired) electrons. The Morgan fingerprint density at radius 1 is 1.12 bits per heavy atom. The zero-order valence-electron chi connectivity index (χ0n) is 20.0. The first kappa shape index (κ1) is 23.8. The molecular formula is C26H33F2N3OSi. The van der Waals surface area contributed by atoms with Gasteiger partial charge in [0.15, 0.2) is 8.32 Å². The monoisotopic (exact) mass is 469 g/mol. The van der Waals surface area contributed by atoms with E-state index in [0.29, 0.717) is 18.1 Å². The van der Waals surface area contributed by atoms with E-state index in [0.717, 1.165) is 30.5 Å². The lowest BCUT2D eigenvalue weighted by Gasteiger charge is -2.41. The van der Waals surface area contributed by atoms with E-state index in [2.05, 4.69) is 33.9 Å². The third kappa shape index (κ3) is 4.81. The fraction of sp³-hybridized carbons (Fsp3) is 0.423. The number of rotatable bonds is 7. The van der Waals surface area contributed by atoms with E-state index in [9.17, 15) is 8.78 Å². The minimum Gasteiger partial charge on any atom is -0.409 e. The minimum absolute atomic E-state index is 0.0532. The van der Waals surface area contributed by atoms with Crippen LogP contribution in [0.1, 0.15) is 51.0 Å². The van der Waals surface area contributed by atoms with Gasteiger partial charge in [-0.2, -0.15) is 0 Å². The number of halogens is 2. The van der Waals surface area contributed by atoms with Gasteiger partial charge >= 0.3 is 0 Å². The summed E-state index contributed by atoms with van der Waals surface area (Å²) in [4.78, 5) is 4.74. The molecule has 1 heterocycles. The van der Waals surface area contributed by atoms with Crippen molar-refractivity contribution in [3.05, 3.63) is 77.8 Å². The first-order chi connectivity index (χ1) is 15.4. The average Bonchev–Trinajstić information content (AvgIpc) is 3.40. The molecule has 0 spiro atoms. The fourth-order valence-corrected chi connectivity index (χ4v) is 5.56. The molecule has 1 fully saturated rings. The van der Waals surface area contributed by atoms with Crippen LogP contribution in [-0.2, 0) is 11.0 Å². The largest absolute Gasteiger partial charge is 0.409 e. The quantitative estimate of drug-likeness (QED) is 0.406. The summed E-state index contributed by atoms with van der Waals surface area (Å²) < 4.78 is 37.2. The molecule has 4 nitrogen and oxygen atoms in total. The third-order valence-corrected chi connectivity index (χ3v) is 11.6. The first-order valence-electron chi connectivity index (χ1n) is 11.4. The summed E-state index contributed by atoms with van der Waals surface area (Å²) >= 11 is 0. The molecule has 0 unspecified atom stereocenters. The Kier molecular flexibility index (Phi) is 6.10. The van der Waals surface area contributed by atoms with E-state index in [1.54, 1.807) is 6.20 Å². The molecule has 0 amide bonds. The van der Waals surface area contributed by atoms with E-state index in [-0.39, 0.29) is 10.6 Å². The lowest BCUT2D eigenvalue weighted by atomic mass is 10.1. The van der Waals surface area contributed by atoms with Crippen molar-refractivity contribution in [3.63, 3.8) is 0 Å². The molecule has 2 aromatic carbocycles. The highest BCUT2D eigenvalue weighted by molar-refractivity contribution is 6.74. The summed E-state index contributed by atoms with van der Waals surface area (Å²) in [6.07, 6.45) is 3.49. The number of imidazole rings is 1. The van der Waals surface area contributed by atoms with Gasteiger partial charge in [-0.3, -0.25) is 0 Å². The van der Waals surface area contributed by atoms with E-state index in [4.69, 9.17) is 15.1 Å². The molecule has 3 aromatic rings. The second kappa shape index (κ2) is 8.45. The Morgan fingerprint density at radius 3 is 2.39 bits per heavy atom. The molecule has 1 aliphatic carbocycles. The molecule has 2 N–H and O–H groups in total. The van der Waals surface area contributed by atoms with Crippen LogP contribution in [0.4, 0.5) is 8.78 Å². The van der Waals surface area contributed by atoms with Gasteiger partial charge in [-0.15, -0.1) is 0 Å². The van der Waals surface area contributed by atoms with Crippen molar-refractivity contribution in [2.75, 3.05) is 0 Å². The zero-order chi connectivity index (χ0) is 24.0. The predicted molar refractivity (Wildman–Crippen MR) is 130 cm³/mol. The summed E-state index contributed by atoms with van der Waals surface area (Å²) in [7, 11) is -2.07. The van der Waals surface area contributed by atoms with Gasteiger partial charge in [-0.1, -0.05) is 51.1 Å². The van der Waals surface area contributed by atoms with Crippen LogP contribution in [0.5, 0.6) is 0 Å². The van der Waals surface area contributed by atoms with Crippen molar-refractivity contribution in [1.82, 2.24) is 9.55 Å². The predicted octanol–water partition coefficient (Wildman–Crippen LogP) is 6.43. The molecule has 0 bridgehead atoms. The summed E-state index contributed by atoms with van der Waals surface area (Å²) in [5.74, 6) is -0.386. The van der Waals surface area contributed by atoms with Crippen molar-refractivity contribution in [2.45, 2.75) is 69.9 Å². The second-order valence-corrected chi connectivity index (χ2v) is 15.4. The number of hydrogen-bond donors (Lipinski definition) is 1. The van der Waals surface area contributed by atoms with Gasteiger partial charge in [0.25, 0.3) is 0 Å². The normalized spacial score (nSPS) is 16.6. The Morgan fingerprint density at radius 2 is 1.79 bits per heavy atom. The smallest absolute Gasteiger partial charge is 0.192 e. The molecule has 0 aliphatic heterocycles. The van der Waals surface area contributed by atoms with Crippen LogP contribution in [-0.4, -0.2) is 23.5 Å². The molecule has 7 heteroatoms. The highest BCUT2D eigenvalue weighted by Gasteiger charge is 2.56. The van der Waals surface area contributed by atoms with E-state index in [1.165, 1.54) is 6.07 Å². The summed E-state index contributed by atoms with van der Waals surface area (Å²) in [6.45, 7) is 11.6. The molecule has 1 aromatic heterocycles. The molecular weight excluding hydrogens is 436 g/mol. The van der Waals surface area contributed by atoms with Crippen LogP contribution >= 0.6 is 0 Å². The van der Waals surface area contributed by atoms with Crippen molar-refractivity contribution in [1.29, 1.82) is 0 Å². The Balaban J connectivity index is 1.74. The molecule has 1 saturated carbocycles.